The molecule has 1 fully saturated rings. The molecule has 186 valence electrons. The van der Waals surface area contributed by atoms with Gasteiger partial charge in [0.2, 0.25) is 11.8 Å². The molecule has 8 heteroatoms. The van der Waals surface area contributed by atoms with E-state index in [1.807, 2.05) is 46.7 Å². The third-order valence-corrected chi connectivity index (χ3v) is 8.48. The molecule has 37 heavy (non-hydrogen) atoms. The molecular formula is C29H26N4O2S2. The van der Waals surface area contributed by atoms with E-state index in [0.717, 1.165) is 59.4 Å². The van der Waals surface area contributed by atoms with Gasteiger partial charge in [-0.3, -0.25) is 4.79 Å². The highest BCUT2D eigenvalue weighted by molar-refractivity contribution is 7.99. The largest absolute Gasteiger partial charge is 0.411 e. The van der Waals surface area contributed by atoms with Crippen molar-refractivity contribution in [3.05, 3.63) is 83.7 Å². The van der Waals surface area contributed by atoms with Crippen LogP contribution in [-0.4, -0.2) is 44.8 Å². The van der Waals surface area contributed by atoms with Crippen LogP contribution in [0.1, 0.15) is 18.4 Å². The van der Waals surface area contributed by atoms with Gasteiger partial charge in [-0.1, -0.05) is 66.4 Å². The number of thiophene rings is 1. The van der Waals surface area contributed by atoms with Crippen molar-refractivity contribution in [2.24, 2.45) is 5.92 Å². The second kappa shape index (κ2) is 10.9. The van der Waals surface area contributed by atoms with Gasteiger partial charge in [0.1, 0.15) is 0 Å². The van der Waals surface area contributed by atoms with Gasteiger partial charge >= 0.3 is 0 Å². The number of carbonyl (C=O) groups excluding carboxylic acids is 1. The van der Waals surface area contributed by atoms with Crippen molar-refractivity contribution in [3.63, 3.8) is 0 Å². The smallest absolute Gasteiger partial charge is 0.277 e. The summed E-state index contributed by atoms with van der Waals surface area (Å²) < 4.78 is 6.02. The summed E-state index contributed by atoms with van der Waals surface area (Å²) in [6, 6.07) is 24.6. The van der Waals surface area contributed by atoms with E-state index in [1.165, 1.54) is 17.3 Å². The zero-order chi connectivity index (χ0) is 25.0. The number of carbonyl (C=O) groups is 1. The van der Waals surface area contributed by atoms with Gasteiger partial charge in [-0.15, -0.1) is 21.5 Å². The molecule has 0 unspecified atom stereocenters. The number of benzene rings is 2. The summed E-state index contributed by atoms with van der Waals surface area (Å²) in [7, 11) is 0. The standard InChI is InChI=1S/C29H26N4O2S2/c34-27(33-14-12-21(13-15-33)17-20-7-2-1-3-8-20)19-37-29-32-31-28(35-29)23-18-25(26-11-6-16-36-26)30-24-10-5-4-9-22(23)24/h1-11,16,18,21H,12-15,17,19H2. The summed E-state index contributed by atoms with van der Waals surface area (Å²) in [5.74, 6) is 1.49. The molecule has 3 aromatic heterocycles. The number of aromatic nitrogens is 3. The number of piperidine rings is 1. The SMILES string of the molecule is O=C(CSc1nnc(-c2cc(-c3cccs3)nc3ccccc23)o1)N1CCC(Cc2ccccc2)CC1. The lowest BCUT2D eigenvalue weighted by molar-refractivity contribution is -0.129. The van der Waals surface area contributed by atoms with Gasteiger partial charge in [0.25, 0.3) is 5.22 Å². The second-order valence-corrected chi connectivity index (χ2v) is 11.1. The molecule has 5 aromatic rings. The summed E-state index contributed by atoms with van der Waals surface area (Å²) in [4.78, 5) is 20.7. The highest BCUT2D eigenvalue weighted by Gasteiger charge is 2.24. The van der Waals surface area contributed by atoms with Gasteiger partial charge in [-0.25, -0.2) is 4.98 Å². The molecule has 1 saturated heterocycles. The van der Waals surface area contributed by atoms with E-state index in [4.69, 9.17) is 9.40 Å². The van der Waals surface area contributed by atoms with Crippen LogP contribution < -0.4 is 0 Å². The van der Waals surface area contributed by atoms with Crippen LogP contribution >= 0.6 is 23.1 Å². The maximum atomic E-state index is 12.9. The van der Waals surface area contributed by atoms with Crippen molar-refractivity contribution in [2.45, 2.75) is 24.5 Å². The minimum Gasteiger partial charge on any atom is -0.411 e. The van der Waals surface area contributed by atoms with E-state index in [9.17, 15) is 4.79 Å². The molecule has 4 heterocycles. The Morgan fingerprint density at radius 2 is 1.81 bits per heavy atom. The van der Waals surface area contributed by atoms with Crippen molar-refractivity contribution in [3.8, 4) is 22.0 Å². The Balaban J connectivity index is 1.10. The quantitative estimate of drug-likeness (QED) is 0.223. The first-order chi connectivity index (χ1) is 18.2. The molecule has 0 N–H and O–H groups in total. The zero-order valence-electron chi connectivity index (χ0n) is 20.2. The Morgan fingerprint density at radius 1 is 1.00 bits per heavy atom. The molecule has 0 radical (unpaired) electrons. The van der Waals surface area contributed by atoms with Crippen LogP contribution in [-0.2, 0) is 11.2 Å². The van der Waals surface area contributed by atoms with Gasteiger partial charge < -0.3 is 9.32 Å². The van der Waals surface area contributed by atoms with E-state index >= 15 is 0 Å². The van der Waals surface area contributed by atoms with E-state index in [1.54, 1.807) is 11.3 Å². The van der Waals surface area contributed by atoms with Crippen LogP contribution in [0.15, 0.2) is 87.8 Å². The molecule has 0 spiro atoms. The number of likely N-dealkylation sites (tertiary alicyclic amines) is 1. The summed E-state index contributed by atoms with van der Waals surface area (Å²) in [6.45, 7) is 1.61. The first-order valence-corrected chi connectivity index (χ1v) is 14.3. The van der Waals surface area contributed by atoms with Crippen molar-refractivity contribution in [1.29, 1.82) is 0 Å². The zero-order valence-corrected chi connectivity index (χ0v) is 21.9. The number of thioether (sulfide) groups is 1. The summed E-state index contributed by atoms with van der Waals surface area (Å²) in [5.41, 5.74) is 3.98. The first kappa shape index (κ1) is 23.9. The number of pyridine rings is 1. The molecule has 0 aliphatic carbocycles. The Labute approximate surface area is 223 Å². The average Bonchev–Trinajstić information content (AvgIpc) is 3.65. The van der Waals surface area contributed by atoms with Crippen LogP contribution in [0.4, 0.5) is 0 Å². The lowest BCUT2D eigenvalue weighted by atomic mass is 9.90. The minimum absolute atomic E-state index is 0.122. The summed E-state index contributed by atoms with van der Waals surface area (Å²) in [6.07, 6.45) is 3.16. The molecule has 0 bridgehead atoms. The Kier molecular flexibility index (Phi) is 7.01. The highest BCUT2D eigenvalue weighted by Crippen LogP contribution is 2.34. The molecule has 1 amide bonds. The molecule has 0 saturated carbocycles. The fourth-order valence-electron chi connectivity index (χ4n) is 4.83. The van der Waals surface area contributed by atoms with E-state index in [-0.39, 0.29) is 5.91 Å². The van der Waals surface area contributed by atoms with Crippen LogP contribution in [0, 0.1) is 5.92 Å². The molecule has 0 atom stereocenters. The fourth-order valence-corrected chi connectivity index (χ4v) is 6.18. The fraction of sp³-hybridized carbons (Fsp3) is 0.241. The molecule has 6 rings (SSSR count). The predicted molar refractivity (Wildman–Crippen MR) is 149 cm³/mol. The Morgan fingerprint density at radius 3 is 2.62 bits per heavy atom. The predicted octanol–water partition coefficient (Wildman–Crippen LogP) is 6.59. The minimum atomic E-state index is 0.122. The van der Waals surface area contributed by atoms with Gasteiger partial charge in [0, 0.05) is 18.5 Å². The number of hydrogen-bond acceptors (Lipinski definition) is 7. The number of rotatable bonds is 7. The lowest BCUT2D eigenvalue weighted by Crippen LogP contribution is -2.39. The second-order valence-electron chi connectivity index (χ2n) is 9.23. The third kappa shape index (κ3) is 5.45. The maximum absolute atomic E-state index is 12.9. The number of para-hydroxylation sites is 1. The molecule has 1 aliphatic rings. The van der Waals surface area contributed by atoms with Gasteiger partial charge in [0.05, 0.1) is 27.4 Å². The Hall–Kier alpha value is -3.49. The van der Waals surface area contributed by atoms with Crippen molar-refractivity contribution < 1.29 is 9.21 Å². The summed E-state index contributed by atoms with van der Waals surface area (Å²) in [5, 5.41) is 11.9. The number of nitrogens with zero attached hydrogens (tertiary/aromatic N) is 4. The normalized spacial score (nSPS) is 14.3. The number of hydrogen-bond donors (Lipinski definition) is 0. The Bertz CT molecular complexity index is 1490. The molecule has 2 aromatic carbocycles. The van der Waals surface area contributed by atoms with Crippen molar-refractivity contribution in [1.82, 2.24) is 20.1 Å². The summed E-state index contributed by atoms with van der Waals surface area (Å²) >= 11 is 2.95. The van der Waals surface area contributed by atoms with Crippen molar-refractivity contribution in [2.75, 3.05) is 18.8 Å². The van der Waals surface area contributed by atoms with E-state index in [2.05, 4.69) is 46.6 Å². The van der Waals surface area contributed by atoms with Gasteiger partial charge in [-0.05, 0) is 54.3 Å². The van der Waals surface area contributed by atoms with Crippen LogP contribution in [0.2, 0.25) is 0 Å². The van der Waals surface area contributed by atoms with Gasteiger partial charge in [0.15, 0.2) is 0 Å². The first-order valence-electron chi connectivity index (χ1n) is 12.4. The molecule has 6 nitrogen and oxygen atoms in total. The lowest BCUT2D eigenvalue weighted by Gasteiger charge is -2.32. The monoisotopic (exact) mass is 526 g/mol. The molecular weight excluding hydrogens is 500 g/mol. The third-order valence-electron chi connectivity index (χ3n) is 6.78. The van der Waals surface area contributed by atoms with E-state index < -0.39 is 0 Å². The van der Waals surface area contributed by atoms with Crippen LogP contribution in [0.25, 0.3) is 32.9 Å². The average molecular weight is 527 g/mol. The van der Waals surface area contributed by atoms with Crippen LogP contribution in [0.5, 0.6) is 0 Å². The van der Waals surface area contributed by atoms with Crippen LogP contribution in [0.3, 0.4) is 0 Å². The van der Waals surface area contributed by atoms with Gasteiger partial charge in [-0.2, -0.15) is 0 Å². The number of fused-ring (bicyclic) bond motifs is 1. The molecule has 1 aliphatic heterocycles. The van der Waals surface area contributed by atoms with E-state index in [0.29, 0.717) is 22.8 Å². The number of amides is 1. The topological polar surface area (TPSA) is 72.1 Å². The van der Waals surface area contributed by atoms with Crippen molar-refractivity contribution >= 4 is 39.9 Å². The highest BCUT2D eigenvalue weighted by atomic mass is 32.2. The maximum Gasteiger partial charge on any atom is 0.277 e.